The molecule has 0 radical (unpaired) electrons. The van der Waals surface area contributed by atoms with Crippen molar-refractivity contribution in [3.05, 3.63) is 52.1 Å². The number of methoxy groups -OCH3 is 1. The molecular weight excluding hydrogens is 402 g/mol. The molecule has 1 fully saturated rings. The third-order valence-electron chi connectivity index (χ3n) is 5.24. The molecule has 1 aromatic carbocycles. The summed E-state index contributed by atoms with van der Waals surface area (Å²) in [4.78, 5) is 15.1. The zero-order valence-electron chi connectivity index (χ0n) is 17.6. The molecule has 0 bridgehead atoms. The van der Waals surface area contributed by atoms with E-state index in [1.807, 2.05) is 30.0 Å². The lowest BCUT2D eigenvalue weighted by molar-refractivity contribution is -0.139. The highest BCUT2D eigenvalue weighted by Gasteiger charge is 2.36. The maximum atomic E-state index is 12.7. The van der Waals surface area contributed by atoms with Crippen LogP contribution in [0, 0.1) is 11.3 Å². The van der Waals surface area contributed by atoms with Gasteiger partial charge in [0.1, 0.15) is 23.2 Å². The van der Waals surface area contributed by atoms with Crippen LogP contribution in [0.1, 0.15) is 30.9 Å². The maximum absolute atomic E-state index is 12.7. The zero-order valence-corrected chi connectivity index (χ0v) is 18.4. The van der Waals surface area contributed by atoms with Crippen LogP contribution in [0.3, 0.4) is 0 Å². The lowest BCUT2D eigenvalue weighted by Gasteiger charge is -2.29. The molecule has 1 atom stereocenters. The van der Waals surface area contributed by atoms with Crippen LogP contribution < -0.4 is 10.5 Å². The first-order valence-corrected chi connectivity index (χ1v) is 11.1. The lowest BCUT2D eigenvalue weighted by Crippen LogP contribution is -2.32. The molecule has 160 valence electrons. The van der Waals surface area contributed by atoms with Gasteiger partial charge in [-0.25, -0.2) is 4.79 Å². The number of esters is 1. The summed E-state index contributed by atoms with van der Waals surface area (Å²) in [6.07, 6.45) is 0. The van der Waals surface area contributed by atoms with Crippen molar-refractivity contribution < 1.29 is 19.0 Å². The number of nitrogens with two attached hydrogens (primary N) is 1. The van der Waals surface area contributed by atoms with Crippen LogP contribution in [-0.2, 0) is 20.8 Å². The smallest absolute Gasteiger partial charge is 0.338 e. The Morgan fingerprint density at radius 3 is 2.77 bits per heavy atom. The van der Waals surface area contributed by atoms with Crippen LogP contribution in [0.4, 0.5) is 0 Å². The minimum Gasteiger partial charge on any atom is -0.496 e. The van der Waals surface area contributed by atoms with E-state index in [-0.39, 0.29) is 18.1 Å². The monoisotopic (exact) mass is 429 g/mol. The Balaban J connectivity index is 2.05. The van der Waals surface area contributed by atoms with E-state index < -0.39 is 11.9 Å². The van der Waals surface area contributed by atoms with Gasteiger partial charge < -0.3 is 19.9 Å². The second kappa shape index (κ2) is 9.92. The van der Waals surface area contributed by atoms with Crippen molar-refractivity contribution >= 4 is 17.7 Å². The predicted molar refractivity (Wildman–Crippen MR) is 116 cm³/mol. The number of thioether (sulfide) groups is 1. The van der Waals surface area contributed by atoms with Crippen molar-refractivity contribution in [2.24, 2.45) is 5.73 Å². The Labute approximate surface area is 181 Å². The molecule has 30 heavy (non-hydrogen) atoms. The lowest BCUT2D eigenvalue weighted by atomic mass is 9.82. The van der Waals surface area contributed by atoms with Crippen LogP contribution >= 0.6 is 11.8 Å². The van der Waals surface area contributed by atoms with E-state index in [0.29, 0.717) is 11.3 Å². The van der Waals surface area contributed by atoms with Gasteiger partial charge in [-0.1, -0.05) is 6.07 Å². The van der Waals surface area contributed by atoms with Crippen molar-refractivity contribution in [2.75, 3.05) is 38.3 Å². The average molecular weight is 430 g/mol. The van der Waals surface area contributed by atoms with Crippen LogP contribution in [0.15, 0.2) is 41.0 Å². The summed E-state index contributed by atoms with van der Waals surface area (Å²) in [6, 6.07) is 7.86. The quantitative estimate of drug-likeness (QED) is 0.690. The molecule has 2 N–H and O–H groups in total. The third-order valence-corrected chi connectivity index (χ3v) is 6.18. The fourth-order valence-corrected chi connectivity index (χ4v) is 4.77. The van der Waals surface area contributed by atoms with Gasteiger partial charge in [0.2, 0.25) is 5.88 Å². The normalized spacial score (nSPS) is 19.9. The molecule has 2 aliphatic rings. The van der Waals surface area contributed by atoms with Gasteiger partial charge in [0.25, 0.3) is 0 Å². The molecule has 2 aliphatic heterocycles. The molecule has 0 amide bonds. The number of hydrogen-bond acceptors (Lipinski definition) is 8. The van der Waals surface area contributed by atoms with Gasteiger partial charge in [-0.2, -0.15) is 17.0 Å². The second-order valence-electron chi connectivity index (χ2n) is 7.07. The van der Waals surface area contributed by atoms with Crippen LogP contribution in [0.25, 0.3) is 0 Å². The number of carbonyl (C=O) groups excluding carboxylic acids is 1. The highest BCUT2D eigenvalue weighted by molar-refractivity contribution is 7.99. The van der Waals surface area contributed by atoms with Gasteiger partial charge >= 0.3 is 5.97 Å². The zero-order chi connectivity index (χ0) is 21.7. The molecule has 7 nitrogen and oxygen atoms in total. The minimum absolute atomic E-state index is 0.0125. The van der Waals surface area contributed by atoms with Crippen molar-refractivity contribution in [3.8, 4) is 11.8 Å². The molecule has 0 aliphatic carbocycles. The summed E-state index contributed by atoms with van der Waals surface area (Å²) in [7, 11) is 1.64. The number of ether oxygens (including phenoxy) is 3. The molecule has 1 saturated heterocycles. The maximum Gasteiger partial charge on any atom is 0.338 e. The summed E-state index contributed by atoms with van der Waals surface area (Å²) in [5.41, 5.74) is 8.29. The topological polar surface area (TPSA) is 97.8 Å². The van der Waals surface area contributed by atoms with Crippen molar-refractivity contribution in [1.82, 2.24) is 4.90 Å². The number of allylic oxidation sites excluding steroid dienone is 2. The summed E-state index contributed by atoms with van der Waals surface area (Å²) in [5, 5.41) is 9.76. The molecule has 3 rings (SSSR count). The van der Waals surface area contributed by atoms with Gasteiger partial charge in [-0.3, -0.25) is 4.90 Å². The molecule has 8 heteroatoms. The fraction of sp³-hybridized carbons (Fsp3) is 0.455. The Morgan fingerprint density at radius 2 is 2.13 bits per heavy atom. The minimum atomic E-state index is -0.649. The van der Waals surface area contributed by atoms with Gasteiger partial charge in [-0.05, 0) is 31.5 Å². The van der Waals surface area contributed by atoms with Crippen LogP contribution in [0.5, 0.6) is 5.75 Å². The Kier molecular flexibility index (Phi) is 7.29. The Morgan fingerprint density at radius 1 is 1.40 bits per heavy atom. The third kappa shape index (κ3) is 4.58. The van der Waals surface area contributed by atoms with E-state index in [1.54, 1.807) is 21.0 Å². The molecule has 1 unspecified atom stereocenters. The van der Waals surface area contributed by atoms with Gasteiger partial charge in [0.15, 0.2) is 0 Å². The van der Waals surface area contributed by atoms with E-state index >= 15 is 0 Å². The summed E-state index contributed by atoms with van der Waals surface area (Å²) in [6.45, 7) is 6.39. The molecule has 1 aromatic rings. The van der Waals surface area contributed by atoms with Crippen molar-refractivity contribution in [3.63, 3.8) is 0 Å². The Bertz CT molecular complexity index is 913. The number of nitriles is 1. The van der Waals surface area contributed by atoms with Crippen LogP contribution in [-0.4, -0.2) is 49.2 Å². The predicted octanol–water partition coefficient (Wildman–Crippen LogP) is 2.89. The number of hydrogen-bond donors (Lipinski definition) is 1. The SMILES string of the molecule is CCOC(=O)C1=C(C)OC(N)=C(C#N)C1c1ccc(OC)c(CN2CCSCC2)c1. The highest BCUT2D eigenvalue weighted by Crippen LogP contribution is 2.41. The molecule has 0 aromatic heterocycles. The van der Waals surface area contributed by atoms with Crippen molar-refractivity contribution in [1.29, 1.82) is 5.26 Å². The molecule has 0 spiro atoms. The first-order chi connectivity index (χ1) is 14.5. The average Bonchev–Trinajstić information content (AvgIpc) is 2.74. The van der Waals surface area contributed by atoms with E-state index in [0.717, 1.165) is 48.0 Å². The van der Waals surface area contributed by atoms with E-state index in [4.69, 9.17) is 19.9 Å². The first-order valence-electron chi connectivity index (χ1n) is 9.92. The van der Waals surface area contributed by atoms with Crippen molar-refractivity contribution in [2.45, 2.75) is 26.3 Å². The second-order valence-corrected chi connectivity index (χ2v) is 8.30. The standard InChI is InChI=1S/C22H27N3O4S/c1-4-28-22(26)19-14(2)29-21(24)17(12-23)20(19)15-5-6-18(27-3)16(11-15)13-25-7-9-30-10-8-25/h5-6,11,20H,4,7-10,13,24H2,1-3H3. The molecule has 2 heterocycles. The van der Waals surface area contributed by atoms with Gasteiger partial charge in [0, 0.05) is 36.7 Å². The summed E-state index contributed by atoms with van der Waals surface area (Å²) in [5.74, 6) is 2.19. The molecule has 0 saturated carbocycles. The number of benzene rings is 1. The number of carbonyl (C=O) groups is 1. The van der Waals surface area contributed by atoms with Gasteiger partial charge in [0.05, 0.1) is 25.2 Å². The van der Waals surface area contributed by atoms with Gasteiger partial charge in [-0.15, -0.1) is 0 Å². The van der Waals surface area contributed by atoms with E-state index in [9.17, 15) is 10.1 Å². The Hall–Kier alpha value is -2.63. The molecular formula is C22H27N3O4S. The largest absolute Gasteiger partial charge is 0.496 e. The van der Waals surface area contributed by atoms with E-state index in [2.05, 4.69) is 11.0 Å². The van der Waals surface area contributed by atoms with E-state index in [1.165, 1.54) is 0 Å². The highest BCUT2D eigenvalue weighted by atomic mass is 32.2. The summed E-state index contributed by atoms with van der Waals surface area (Å²) < 4.78 is 16.3. The fourth-order valence-electron chi connectivity index (χ4n) is 3.79. The number of nitrogens with zero attached hydrogens (tertiary/aromatic N) is 2. The van der Waals surface area contributed by atoms with Crippen LogP contribution in [0.2, 0.25) is 0 Å². The summed E-state index contributed by atoms with van der Waals surface area (Å²) >= 11 is 1.96. The first kappa shape index (κ1) is 22.1. The number of rotatable bonds is 6.